The van der Waals surface area contributed by atoms with E-state index >= 15 is 0 Å². The number of benzene rings is 1. The first-order valence-electron chi connectivity index (χ1n) is 11.2. The van der Waals surface area contributed by atoms with Crippen LogP contribution < -0.4 is 9.64 Å². The van der Waals surface area contributed by atoms with Gasteiger partial charge in [0.05, 0.1) is 18.3 Å². The van der Waals surface area contributed by atoms with Gasteiger partial charge in [-0.15, -0.1) is 0 Å². The highest BCUT2D eigenvalue weighted by molar-refractivity contribution is 8.14. The lowest BCUT2D eigenvalue weighted by Gasteiger charge is -2.33. The first kappa shape index (κ1) is 19.7. The Morgan fingerprint density at radius 2 is 2.00 bits per heavy atom. The highest BCUT2D eigenvalue weighted by Crippen LogP contribution is 2.51. The van der Waals surface area contributed by atoms with Crippen LogP contribution in [0.15, 0.2) is 47.6 Å². The summed E-state index contributed by atoms with van der Waals surface area (Å²) in [4.78, 5) is 14.8. The van der Waals surface area contributed by atoms with Crippen LogP contribution in [0.3, 0.4) is 0 Å². The van der Waals surface area contributed by atoms with E-state index in [0.717, 1.165) is 41.9 Å². The lowest BCUT2D eigenvalue weighted by atomic mass is 9.94. The number of ether oxygens (including phenoxy) is 1. The highest BCUT2D eigenvalue weighted by Gasteiger charge is 2.46. The van der Waals surface area contributed by atoms with Crippen LogP contribution in [0.4, 0.5) is 5.69 Å². The molecule has 2 fully saturated rings. The Morgan fingerprint density at radius 3 is 2.73 bits per heavy atom. The molecule has 0 saturated carbocycles. The van der Waals surface area contributed by atoms with Gasteiger partial charge in [-0.05, 0) is 44.4 Å². The molecule has 1 aromatic carbocycles. The van der Waals surface area contributed by atoms with Gasteiger partial charge >= 0.3 is 0 Å². The van der Waals surface area contributed by atoms with Crippen LogP contribution in [0, 0.1) is 0 Å². The molecule has 5 nitrogen and oxygen atoms in total. The molecule has 4 heterocycles. The van der Waals surface area contributed by atoms with Crippen LogP contribution in [-0.2, 0) is 0 Å². The predicted molar refractivity (Wildman–Crippen MR) is 125 cm³/mol. The quantitative estimate of drug-likeness (QED) is 0.651. The smallest absolute Gasteiger partial charge is 0.160 e. The molecule has 0 N–H and O–H groups in total. The SMILES string of the molecule is CCOc1cc(N2CCCC2)ccc1[C@H]1[C@H](c2ccccn2)N=C2SC[C@@H](CC)N21. The molecule has 3 aliphatic rings. The van der Waals surface area contributed by atoms with Crippen LogP contribution in [0.2, 0.25) is 0 Å². The van der Waals surface area contributed by atoms with Crippen molar-refractivity contribution in [1.29, 1.82) is 0 Å². The highest BCUT2D eigenvalue weighted by atomic mass is 32.2. The largest absolute Gasteiger partial charge is 0.493 e. The Labute approximate surface area is 183 Å². The van der Waals surface area contributed by atoms with E-state index in [0.29, 0.717) is 12.6 Å². The van der Waals surface area contributed by atoms with Crippen molar-refractivity contribution < 1.29 is 4.74 Å². The molecule has 0 radical (unpaired) electrons. The van der Waals surface area contributed by atoms with Crippen LogP contribution in [0.5, 0.6) is 5.75 Å². The Balaban J connectivity index is 1.58. The molecular formula is C24H30N4OS. The van der Waals surface area contributed by atoms with Gasteiger partial charge in [0.1, 0.15) is 11.8 Å². The summed E-state index contributed by atoms with van der Waals surface area (Å²) in [5, 5.41) is 1.16. The number of aromatic nitrogens is 1. The Bertz CT molecular complexity index is 913. The minimum atomic E-state index is -0.0000993. The van der Waals surface area contributed by atoms with Crippen molar-refractivity contribution in [2.75, 3.05) is 30.3 Å². The summed E-state index contributed by atoms with van der Waals surface area (Å²) in [5.41, 5.74) is 3.54. The average molecular weight is 423 g/mol. The summed E-state index contributed by atoms with van der Waals surface area (Å²) in [5.74, 6) is 2.10. The van der Waals surface area contributed by atoms with Gasteiger partial charge in [0.25, 0.3) is 0 Å². The van der Waals surface area contributed by atoms with Crippen molar-refractivity contribution in [2.24, 2.45) is 4.99 Å². The van der Waals surface area contributed by atoms with E-state index in [1.807, 2.05) is 24.0 Å². The molecule has 3 atom stereocenters. The summed E-state index contributed by atoms with van der Waals surface area (Å²) in [6.07, 6.45) is 5.54. The molecule has 2 saturated heterocycles. The van der Waals surface area contributed by atoms with Crippen molar-refractivity contribution in [3.63, 3.8) is 0 Å². The van der Waals surface area contributed by atoms with Crippen molar-refractivity contribution in [2.45, 2.75) is 51.2 Å². The van der Waals surface area contributed by atoms with Crippen LogP contribution in [-0.4, -0.2) is 46.5 Å². The molecule has 6 heteroatoms. The Morgan fingerprint density at radius 1 is 1.13 bits per heavy atom. The molecule has 0 spiro atoms. The predicted octanol–water partition coefficient (Wildman–Crippen LogP) is 5.06. The fourth-order valence-electron chi connectivity index (χ4n) is 4.91. The van der Waals surface area contributed by atoms with Crippen molar-refractivity contribution in [3.8, 4) is 5.75 Å². The third kappa shape index (κ3) is 3.45. The molecular weight excluding hydrogens is 392 g/mol. The van der Waals surface area contributed by atoms with Gasteiger partial charge in [-0.2, -0.15) is 0 Å². The molecule has 158 valence electrons. The monoisotopic (exact) mass is 422 g/mol. The van der Waals surface area contributed by atoms with Crippen molar-refractivity contribution >= 4 is 22.6 Å². The molecule has 5 rings (SSSR count). The summed E-state index contributed by atoms with van der Waals surface area (Å²) in [7, 11) is 0. The van der Waals surface area contributed by atoms with Crippen LogP contribution >= 0.6 is 11.8 Å². The van der Waals surface area contributed by atoms with Crippen LogP contribution in [0.1, 0.15) is 56.5 Å². The molecule has 1 aromatic heterocycles. The first-order chi connectivity index (χ1) is 14.8. The zero-order chi connectivity index (χ0) is 20.5. The molecule has 0 unspecified atom stereocenters. The number of rotatable bonds is 6. The lowest BCUT2D eigenvalue weighted by molar-refractivity contribution is 0.245. The van der Waals surface area contributed by atoms with E-state index in [2.05, 4.69) is 59.0 Å². The van der Waals surface area contributed by atoms with Gasteiger partial charge in [-0.25, -0.2) is 0 Å². The molecule has 30 heavy (non-hydrogen) atoms. The second-order valence-corrected chi connectivity index (χ2v) is 9.17. The minimum absolute atomic E-state index is 0.0000993. The molecule has 0 bridgehead atoms. The zero-order valence-electron chi connectivity index (χ0n) is 17.8. The fraction of sp³-hybridized carbons (Fsp3) is 0.500. The fourth-order valence-corrected chi connectivity index (χ4v) is 6.24. The van der Waals surface area contributed by atoms with Gasteiger partial charge < -0.3 is 14.5 Å². The topological polar surface area (TPSA) is 41.0 Å². The van der Waals surface area contributed by atoms with Gasteiger partial charge in [-0.3, -0.25) is 9.98 Å². The average Bonchev–Trinajstić information content (AvgIpc) is 3.52. The molecule has 3 aliphatic heterocycles. The van der Waals surface area contributed by atoms with E-state index in [1.54, 1.807) is 0 Å². The minimum Gasteiger partial charge on any atom is -0.493 e. The van der Waals surface area contributed by atoms with Gasteiger partial charge in [-0.1, -0.05) is 30.8 Å². The Kier molecular flexibility index (Phi) is 5.59. The number of hydrogen-bond donors (Lipinski definition) is 0. The van der Waals surface area contributed by atoms with E-state index in [4.69, 9.17) is 9.73 Å². The molecule has 0 aliphatic carbocycles. The van der Waals surface area contributed by atoms with Gasteiger partial charge in [0.15, 0.2) is 5.17 Å². The normalized spacial score (nSPS) is 25.5. The standard InChI is InChI=1S/C24H30N4OS/c1-3-17-16-30-24-26-22(20-9-5-6-12-25-20)23(28(17)24)19-11-10-18(15-21(19)29-4-2)27-13-7-8-14-27/h5-6,9-12,15,17,22-23H,3-4,7-8,13-14,16H2,1-2H3/t17-,22+,23+/m1/s1. The number of thioether (sulfide) groups is 1. The zero-order valence-corrected chi connectivity index (χ0v) is 18.6. The number of hydrogen-bond acceptors (Lipinski definition) is 6. The molecule has 0 amide bonds. The Hall–Kier alpha value is -2.21. The number of fused-ring (bicyclic) bond motifs is 1. The van der Waals surface area contributed by atoms with E-state index in [1.165, 1.54) is 24.1 Å². The summed E-state index contributed by atoms with van der Waals surface area (Å²) >= 11 is 1.88. The van der Waals surface area contributed by atoms with Gasteiger partial charge in [0.2, 0.25) is 0 Å². The third-order valence-electron chi connectivity index (χ3n) is 6.42. The van der Waals surface area contributed by atoms with Crippen LogP contribution in [0.25, 0.3) is 0 Å². The summed E-state index contributed by atoms with van der Waals surface area (Å²) in [6.45, 7) is 7.29. The van der Waals surface area contributed by atoms with Crippen molar-refractivity contribution in [1.82, 2.24) is 9.88 Å². The number of amidine groups is 1. The lowest BCUT2D eigenvalue weighted by Crippen LogP contribution is -2.35. The van der Waals surface area contributed by atoms with E-state index in [9.17, 15) is 0 Å². The number of pyridine rings is 1. The summed E-state index contributed by atoms with van der Waals surface area (Å²) < 4.78 is 6.22. The number of aliphatic imine (C=N–C) groups is 1. The second-order valence-electron chi connectivity index (χ2n) is 8.19. The van der Waals surface area contributed by atoms with E-state index < -0.39 is 0 Å². The second kappa shape index (κ2) is 8.50. The number of nitrogens with zero attached hydrogens (tertiary/aromatic N) is 4. The maximum Gasteiger partial charge on any atom is 0.160 e. The first-order valence-corrected chi connectivity index (χ1v) is 12.2. The van der Waals surface area contributed by atoms with E-state index in [-0.39, 0.29) is 12.1 Å². The maximum atomic E-state index is 6.22. The summed E-state index contributed by atoms with van der Waals surface area (Å²) in [6, 6.07) is 13.6. The third-order valence-corrected chi connectivity index (χ3v) is 7.54. The van der Waals surface area contributed by atoms with Crippen molar-refractivity contribution in [3.05, 3.63) is 53.9 Å². The maximum absolute atomic E-state index is 6.22. The molecule has 2 aromatic rings. The number of anilines is 1. The van der Waals surface area contributed by atoms with Gasteiger partial charge in [0, 0.05) is 48.4 Å².